The van der Waals surface area contributed by atoms with E-state index in [9.17, 15) is 20.4 Å². The molecule has 0 aromatic heterocycles. The summed E-state index contributed by atoms with van der Waals surface area (Å²) >= 11 is 1.18. The van der Waals surface area contributed by atoms with Crippen LogP contribution in [0.2, 0.25) is 0 Å². The van der Waals surface area contributed by atoms with Crippen molar-refractivity contribution < 1.29 is 34.6 Å². The van der Waals surface area contributed by atoms with Gasteiger partial charge < -0.3 is 34.6 Å². The number of aliphatic hydroxyl groups is 4. The van der Waals surface area contributed by atoms with E-state index in [0.29, 0.717) is 13.0 Å². The lowest BCUT2D eigenvalue weighted by molar-refractivity contribution is -0.147. The molecule has 3 heterocycles. The molecule has 3 aliphatic rings. The topological polar surface area (TPSA) is 109 Å². The van der Waals surface area contributed by atoms with Gasteiger partial charge in [-0.3, -0.25) is 0 Å². The first-order valence-corrected chi connectivity index (χ1v) is 11.8. The van der Waals surface area contributed by atoms with Crippen molar-refractivity contribution in [3.63, 3.8) is 0 Å². The molecule has 6 atom stereocenters. The Hall–Kier alpha value is -1.65. The Balaban J connectivity index is 1.36. The summed E-state index contributed by atoms with van der Waals surface area (Å²) in [7, 11) is 0. The number of hydrogen-bond donors (Lipinski definition) is 4. The van der Waals surface area contributed by atoms with Crippen LogP contribution in [0.15, 0.2) is 42.5 Å². The van der Waals surface area contributed by atoms with Crippen LogP contribution in [-0.2, 0) is 27.4 Å². The average Bonchev–Trinajstić information content (AvgIpc) is 3.45. The van der Waals surface area contributed by atoms with Crippen LogP contribution in [0, 0.1) is 0 Å². The van der Waals surface area contributed by atoms with E-state index >= 15 is 0 Å². The average molecular weight is 461 g/mol. The van der Waals surface area contributed by atoms with Crippen LogP contribution in [0.25, 0.3) is 0 Å². The summed E-state index contributed by atoms with van der Waals surface area (Å²) in [5, 5.41) is 40.4. The lowest BCUT2D eigenvalue weighted by Gasteiger charge is -2.45. The molecule has 1 spiro atoms. The molecule has 0 radical (unpaired) electrons. The molecule has 2 aromatic carbocycles. The summed E-state index contributed by atoms with van der Waals surface area (Å²) < 4.78 is 17.3. The number of thioether (sulfide) groups is 1. The van der Waals surface area contributed by atoms with Crippen LogP contribution in [0.1, 0.15) is 35.1 Å². The van der Waals surface area contributed by atoms with Gasteiger partial charge in [0.25, 0.3) is 0 Å². The molecule has 172 valence electrons. The number of benzene rings is 2. The second-order valence-corrected chi connectivity index (χ2v) is 10.0. The number of hydrogen-bond acceptors (Lipinski definition) is 8. The highest BCUT2D eigenvalue weighted by atomic mass is 32.2. The zero-order chi connectivity index (χ0) is 22.3. The van der Waals surface area contributed by atoms with Gasteiger partial charge in [0.15, 0.2) is 11.2 Å². The second kappa shape index (κ2) is 8.95. The van der Waals surface area contributed by atoms with E-state index in [-0.39, 0.29) is 12.9 Å². The Bertz CT molecular complexity index is 944. The first-order valence-electron chi connectivity index (χ1n) is 11.0. The Morgan fingerprint density at radius 2 is 1.81 bits per heavy atom. The summed E-state index contributed by atoms with van der Waals surface area (Å²) in [4.78, 5) is -1.21. The van der Waals surface area contributed by atoms with Crippen LogP contribution in [0.4, 0.5) is 0 Å². The van der Waals surface area contributed by atoms with E-state index < -0.39 is 28.5 Å². The van der Waals surface area contributed by atoms with Gasteiger partial charge >= 0.3 is 0 Å². The van der Waals surface area contributed by atoms with Crippen molar-refractivity contribution in [2.24, 2.45) is 0 Å². The van der Waals surface area contributed by atoms with Crippen molar-refractivity contribution in [1.29, 1.82) is 0 Å². The van der Waals surface area contributed by atoms with Crippen molar-refractivity contribution in [3.8, 4) is 5.75 Å². The van der Waals surface area contributed by atoms with Gasteiger partial charge in [-0.25, -0.2) is 0 Å². The van der Waals surface area contributed by atoms with Crippen LogP contribution < -0.4 is 4.74 Å². The largest absolute Gasteiger partial charge is 0.465 e. The molecule has 0 amide bonds. The molecule has 32 heavy (non-hydrogen) atoms. The van der Waals surface area contributed by atoms with E-state index in [2.05, 4.69) is 0 Å². The third-order valence-corrected chi connectivity index (χ3v) is 8.09. The third-order valence-electron chi connectivity index (χ3n) is 6.43. The Morgan fingerprint density at radius 3 is 2.53 bits per heavy atom. The molecule has 3 aliphatic heterocycles. The molecule has 5 rings (SSSR count). The van der Waals surface area contributed by atoms with E-state index in [0.717, 1.165) is 47.5 Å². The number of ether oxygens (including phenoxy) is 3. The fourth-order valence-electron chi connectivity index (χ4n) is 4.64. The maximum Gasteiger partial charge on any atom is 0.199 e. The van der Waals surface area contributed by atoms with Crippen molar-refractivity contribution in [2.45, 2.75) is 60.7 Å². The van der Waals surface area contributed by atoms with Crippen LogP contribution in [0.5, 0.6) is 5.75 Å². The molecular formula is C24H28O7S. The summed E-state index contributed by atoms with van der Waals surface area (Å²) in [6.07, 6.45) is -1.49. The summed E-state index contributed by atoms with van der Waals surface area (Å²) in [5.74, 6) is 0.784. The molecule has 2 saturated heterocycles. The standard InChI is InChI=1S/C24H28O7S/c25-12-19-21(26)22(27)23(28)24(32-19)18-11-15(3-6-16(18)13-30-24)10-14-4-7-17(8-5-14)31-20-2-1-9-29-20/h3-8,11,19-23,25-28H,1-2,9-10,12-13H2/t19-,20?,21-,22+,23-,24+/m1/s1. The molecule has 1 unspecified atom stereocenters. The first-order chi connectivity index (χ1) is 15.5. The Labute approximate surface area is 190 Å². The zero-order valence-corrected chi connectivity index (χ0v) is 18.4. The predicted octanol–water partition coefficient (Wildman–Crippen LogP) is 1.67. The Morgan fingerprint density at radius 1 is 1.03 bits per heavy atom. The summed E-state index contributed by atoms with van der Waals surface area (Å²) in [6, 6.07) is 13.9. The van der Waals surface area contributed by atoms with Gasteiger partial charge in [-0.05, 0) is 41.7 Å². The van der Waals surface area contributed by atoms with Crippen molar-refractivity contribution >= 4 is 11.8 Å². The molecule has 8 heteroatoms. The summed E-state index contributed by atoms with van der Waals surface area (Å²) in [5.41, 5.74) is 3.87. The molecule has 0 aliphatic carbocycles. The minimum Gasteiger partial charge on any atom is -0.465 e. The van der Waals surface area contributed by atoms with E-state index in [1.807, 2.05) is 42.5 Å². The molecule has 2 fully saturated rings. The fourth-order valence-corrected chi connectivity index (χ4v) is 6.19. The molecule has 2 aromatic rings. The SMILES string of the molecule is OC[C@H]1S[C@]2(OCc3ccc(Cc4ccc(OC5CCCO5)cc4)cc32)[C@H](O)[C@@H](O)[C@@H]1O. The maximum absolute atomic E-state index is 10.8. The van der Waals surface area contributed by atoms with Gasteiger partial charge in [0.1, 0.15) is 18.0 Å². The van der Waals surface area contributed by atoms with Gasteiger partial charge in [0.2, 0.25) is 0 Å². The molecule has 0 bridgehead atoms. The first kappa shape index (κ1) is 22.2. The smallest absolute Gasteiger partial charge is 0.199 e. The molecule has 4 N–H and O–H groups in total. The lowest BCUT2D eigenvalue weighted by Crippen LogP contribution is -2.58. The van der Waals surface area contributed by atoms with E-state index in [1.54, 1.807) is 0 Å². The minimum atomic E-state index is -1.40. The predicted molar refractivity (Wildman–Crippen MR) is 118 cm³/mol. The van der Waals surface area contributed by atoms with Gasteiger partial charge in [-0.2, -0.15) is 0 Å². The number of aliphatic hydroxyl groups excluding tert-OH is 4. The van der Waals surface area contributed by atoms with Crippen LogP contribution >= 0.6 is 11.8 Å². The summed E-state index contributed by atoms with van der Waals surface area (Å²) in [6.45, 7) is 0.723. The van der Waals surface area contributed by atoms with Gasteiger partial charge in [0, 0.05) is 12.0 Å². The zero-order valence-electron chi connectivity index (χ0n) is 17.6. The highest BCUT2D eigenvalue weighted by Crippen LogP contribution is 2.54. The number of fused-ring (bicyclic) bond motifs is 2. The van der Waals surface area contributed by atoms with E-state index in [4.69, 9.17) is 14.2 Å². The second-order valence-electron chi connectivity index (χ2n) is 8.59. The number of rotatable bonds is 5. The Kier molecular flexibility index (Phi) is 6.19. The highest BCUT2D eigenvalue weighted by molar-refractivity contribution is 8.00. The quantitative estimate of drug-likeness (QED) is 0.534. The van der Waals surface area contributed by atoms with Gasteiger partial charge in [0.05, 0.1) is 31.2 Å². The van der Waals surface area contributed by atoms with Gasteiger partial charge in [-0.1, -0.05) is 30.3 Å². The van der Waals surface area contributed by atoms with E-state index in [1.165, 1.54) is 11.8 Å². The normalized spacial score (nSPS) is 34.1. The maximum atomic E-state index is 10.8. The fraction of sp³-hybridized carbons (Fsp3) is 0.500. The minimum absolute atomic E-state index is 0.162. The third kappa shape index (κ3) is 3.94. The molecule has 0 saturated carbocycles. The van der Waals surface area contributed by atoms with Crippen LogP contribution in [0.3, 0.4) is 0 Å². The lowest BCUT2D eigenvalue weighted by atomic mass is 9.91. The molecule has 7 nitrogen and oxygen atoms in total. The monoisotopic (exact) mass is 460 g/mol. The highest BCUT2D eigenvalue weighted by Gasteiger charge is 2.57. The van der Waals surface area contributed by atoms with Gasteiger partial charge in [-0.15, -0.1) is 11.8 Å². The van der Waals surface area contributed by atoms with Crippen molar-refractivity contribution in [2.75, 3.05) is 13.2 Å². The van der Waals surface area contributed by atoms with Crippen molar-refractivity contribution in [3.05, 3.63) is 64.7 Å². The van der Waals surface area contributed by atoms with Crippen molar-refractivity contribution in [1.82, 2.24) is 0 Å². The molecular weight excluding hydrogens is 432 g/mol. The van der Waals surface area contributed by atoms with Crippen LogP contribution in [-0.4, -0.2) is 63.5 Å².